The van der Waals surface area contributed by atoms with Crippen LogP contribution in [0.5, 0.6) is 5.75 Å². The zero-order valence-electron chi connectivity index (χ0n) is 12.0. The average Bonchev–Trinajstić information content (AvgIpc) is 3.04. The Morgan fingerprint density at radius 3 is 2.95 bits per heavy atom. The summed E-state index contributed by atoms with van der Waals surface area (Å²) in [4.78, 5) is 15.3. The second-order valence-corrected chi connectivity index (χ2v) is 6.19. The first kappa shape index (κ1) is 14.8. The van der Waals surface area contributed by atoms with E-state index in [1.807, 2.05) is 23.6 Å². The number of benzene rings is 1. The predicted octanol–water partition coefficient (Wildman–Crippen LogP) is 2.96. The lowest BCUT2D eigenvalue weighted by molar-refractivity contribution is 0.100. The van der Waals surface area contributed by atoms with Gasteiger partial charge in [0.05, 0.1) is 6.10 Å². The average molecular weight is 315 g/mol. The van der Waals surface area contributed by atoms with Crippen LogP contribution < -0.4 is 10.3 Å². The molecule has 114 valence electrons. The molecule has 3 aromatic rings. The molecule has 0 fully saturated rings. The molecule has 0 aliphatic heterocycles. The second-order valence-electron chi connectivity index (χ2n) is 5.15. The lowest BCUT2D eigenvalue weighted by Crippen LogP contribution is -2.18. The van der Waals surface area contributed by atoms with E-state index in [-0.39, 0.29) is 12.2 Å². The number of hydrogen-bond donors (Lipinski definition) is 2. The van der Waals surface area contributed by atoms with E-state index < -0.39 is 6.10 Å². The molecule has 0 amide bonds. The molecular formula is C17H17NO3S. The number of aromatic nitrogens is 1. The molecule has 1 atom stereocenters. The van der Waals surface area contributed by atoms with Gasteiger partial charge in [0.2, 0.25) is 5.56 Å². The number of rotatable bonds is 6. The highest BCUT2D eigenvalue weighted by Gasteiger charge is 2.07. The number of aliphatic hydroxyl groups is 1. The zero-order valence-corrected chi connectivity index (χ0v) is 12.8. The summed E-state index contributed by atoms with van der Waals surface area (Å²) in [7, 11) is 0. The highest BCUT2D eigenvalue weighted by Crippen LogP contribution is 2.19. The molecule has 0 bridgehead atoms. The summed E-state index contributed by atoms with van der Waals surface area (Å²) >= 11 is 1.70. The summed E-state index contributed by atoms with van der Waals surface area (Å²) in [6, 6.07) is 12.8. The highest BCUT2D eigenvalue weighted by molar-refractivity contribution is 7.09. The Bertz CT molecular complexity index is 795. The Morgan fingerprint density at radius 1 is 1.23 bits per heavy atom. The monoisotopic (exact) mass is 315 g/mol. The van der Waals surface area contributed by atoms with Crippen molar-refractivity contribution in [1.82, 2.24) is 4.98 Å². The third-order valence-corrected chi connectivity index (χ3v) is 4.38. The van der Waals surface area contributed by atoms with Gasteiger partial charge in [0, 0.05) is 21.8 Å². The van der Waals surface area contributed by atoms with E-state index in [1.165, 1.54) is 10.9 Å². The number of nitrogens with one attached hydrogen (secondary N) is 1. The number of aryl methyl sites for hydroxylation is 1. The molecule has 3 rings (SSSR count). The van der Waals surface area contributed by atoms with Gasteiger partial charge in [-0.25, -0.2) is 0 Å². The molecule has 0 saturated heterocycles. The van der Waals surface area contributed by atoms with Crippen LogP contribution in [0.2, 0.25) is 0 Å². The summed E-state index contributed by atoms with van der Waals surface area (Å²) in [5.74, 6) is 0.690. The van der Waals surface area contributed by atoms with Crippen LogP contribution in [0.1, 0.15) is 11.3 Å². The van der Waals surface area contributed by atoms with Crippen molar-refractivity contribution in [3.05, 3.63) is 63.1 Å². The number of aromatic amines is 1. The fourth-order valence-electron chi connectivity index (χ4n) is 2.26. The van der Waals surface area contributed by atoms with E-state index >= 15 is 0 Å². The fraction of sp³-hybridized carbons (Fsp3) is 0.235. The molecule has 0 radical (unpaired) electrons. The quantitative estimate of drug-likeness (QED) is 0.735. The molecular weight excluding hydrogens is 298 g/mol. The SMILES string of the molecule is O=c1ccc2cc(OCC(O)CCc3cccs3)ccc2[nH]1. The number of aliphatic hydroxyl groups excluding tert-OH is 1. The number of thiophene rings is 1. The number of H-pyrrole nitrogens is 1. The van der Waals surface area contributed by atoms with Crippen LogP contribution >= 0.6 is 11.3 Å². The Kier molecular flexibility index (Phi) is 4.56. The molecule has 1 unspecified atom stereocenters. The maximum Gasteiger partial charge on any atom is 0.248 e. The molecule has 0 saturated carbocycles. The van der Waals surface area contributed by atoms with Gasteiger partial charge < -0.3 is 14.8 Å². The molecule has 5 heteroatoms. The number of fused-ring (bicyclic) bond motifs is 1. The second kappa shape index (κ2) is 6.77. The van der Waals surface area contributed by atoms with Gasteiger partial charge in [-0.2, -0.15) is 0 Å². The van der Waals surface area contributed by atoms with Crippen molar-refractivity contribution in [2.75, 3.05) is 6.61 Å². The van der Waals surface area contributed by atoms with Gasteiger partial charge in [-0.1, -0.05) is 6.07 Å². The summed E-state index contributed by atoms with van der Waals surface area (Å²) in [6.07, 6.45) is 1.05. The predicted molar refractivity (Wildman–Crippen MR) is 88.7 cm³/mol. The highest BCUT2D eigenvalue weighted by atomic mass is 32.1. The van der Waals surface area contributed by atoms with Crippen LogP contribution in [-0.2, 0) is 6.42 Å². The molecule has 2 N–H and O–H groups in total. The summed E-state index contributed by atoms with van der Waals surface area (Å²) in [6.45, 7) is 0.264. The Labute approximate surface area is 132 Å². The van der Waals surface area contributed by atoms with Crippen molar-refractivity contribution in [1.29, 1.82) is 0 Å². The summed E-state index contributed by atoms with van der Waals surface area (Å²) in [5.41, 5.74) is 0.656. The summed E-state index contributed by atoms with van der Waals surface area (Å²) in [5, 5.41) is 12.9. The normalized spacial score (nSPS) is 12.4. The molecule has 1 aromatic carbocycles. The van der Waals surface area contributed by atoms with Gasteiger partial charge >= 0.3 is 0 Å². The largest absolute Gasteiger partial charge is 0.491 e. The molecule has 0 aliphatic rings. The maximum absolute atomic E-state index is 11.2. The van der Waals surface area contributed by atoms with Crippen LogP contribution in [0.4, 0.5) is 0 Å². The molecule has 0 aliphatic carbocycles. The van der Waals surface area contributed by atoms with Crippen LogP contribution in [0.15, 0.2) is 52.6 Å². The van der Waals surface area contributed by atoms with Gasteiger partial charge in [0.15, 0.2) is 0 Å². The van der Waals surface area contributed by atoms with Crippen molar-refractivity contribution < 1.29 is 9.84 Å². The third kappa shape index (κ3) is 3.75. The lowest BCUT2D eigenvalue weighted by atomic mass is 10.2. The van der Waals surface area contributed by atoms with Crippen molar-refractivity contribution >= 4 is 22.2 Å². The zero-order chi connectivity index (χ0) is 15.4. The first-order valence-corrected chi connectivity index (χ1v) is 8.05. The summed E-state index contributed by atoms with van der Waals surface area (Å²) < 4.78 is 5.64. The Morgan fingerprint density at radius 2 is 2.14 bits per heavy atom. The van der Waals surface area contributed by atoms with E-state index in [0.717, 1.165) is 17.3 Å². The van der Waals surface area contributed by atoms with Gasteiger partial charge in [-0.05, 0) is 48.6 Å². The molecule has 2 heterocycles. The first-order valence-electron chi connectivity index (χ1n) is 7.17. The van der Waals surface area contributed by atoms with Crippen molar-refractivity contribution in [2.45, 2.75) is 18.9 Å². The van der Waals surface area contributed by atoms with Gasteiger partial charge in [-0.15, -0.1) is 11.3 Å². The van der Waals surface area contributed by atoms with E-state index in [1.54, 1.807) is 23.5 Å². The topological polar surface area (TPSA) is 62.3 Å². The van der Waals surface area contributed by atoms with E-state index in [2.05, 4.69) is 11.1 Å². The maximum atomic E-state index is 11.2. The van der Waals surface area contributed by atoms with Crippen LogP contribution in [0.25, 0.3) is 10.9 Å². The van der Waals surface area contributed by atoms with Gasteiger partial charge in [0.25, 0.3) is 0 Å². The molecule has 2 aromatic heterocycles. The molecule has 4 nitrogen and oxygen atoms in total. The van der Waals surface area contributed by atoms with E-state index in [0.29, 0.717) is 12.2 Å². The Hall–Kier alpha value is -2.11. The minimum atomic E-state index is -0.492. The van der Waals surface area contributed by atoms with E-state index in [9.17, 15) is 9.90 Å². The minimum absolute atomic E-state index is 0.120. The fourth-order valence-corrected chi connectivity index (χ4v) is 2.99. The molecule has 0 spiro atoms. The van der Waals surface area contributed by atoms with Gasteiger partial charge in [0.1, 0.15) is 12.4 Å². The minimum Gasteiger partial charge on any atom is -0.491 e. The third-order valence-electron chi connectivity index (χ3n) is 3.44. The smallest absolute Gasteiger partial charge is 0.248 e. The van der Waals surface area contributed by atoms with Crippen molar-refractivity contribution in [3.8, 4) is 5.75 Å². The number of pyridine rings is 1. The lowest BCUT2D eigenvalue weighted by Gasteiger charge is -2.12. The number of ether oxygens (including phenoxy) is 1. The van der Waals surface area contributed by atoms with Gasteiger partial charge in [-0.3, -0.25) is 4.79 Å². The van der Waals surface area contributed by atoms with Crippen LogP contribution in [0, 0.1) is 0 Å². The first-order chi connectivity index (χ1) is 10.7. The standard InChI is InChI=1S/C17H17NO3S/c19-13(4-6-15-2-1-9-22-15)11-21-14-5-7-16-12(10-14)3-8-17(20)18-16/h1-3,5,7-10,13,19H,4,6,11H2,(H,18,20). The van der Waals surface area contributed by atoms with Crippen molar-refractivity contribution in [3.63, 3.8) is 0 Å². The number of hydrogen-bond acceptors (Lipinski definition) is 4. The van der Waals surface area contributed by atoms with E-state index in [4.69, 9.17) is 4.74 Å². The van der Waals surface area contributed by atoms with Crippen LogP contribution in [-0.4, -0.2) is 22.8 Å². The van der Waals surface area contributed by atoms with Crippen LogP contribution in [0.3, 0.4) is 0 Å². The molecule has 22 heavy (non-hydrogen) atoms. The van der Waals surface area contributed by atoms with Crippen molar-refractivity contribution in [2.24, 2.45) is 0 Å². The Balaban J connectivity index is 1.56.